The number of carbonyl (C=O) groups excluding carboxylic acids is 1. The standard InChI is InChI=1S/C21H24N6O/c1-4-22-19-13-20(24-15(3)23-19)25-16-8-10-17(11-9-16)26-21(28)27-18-7-5-6-14(2)12-18/h5-13H,4H2,1-3H3,(H2,26,27,28)(H2,22,23,24,25). The van der Waals surface area contributed by atoms with E-state index in [0.29, 0.717) is 17.3 Å². The molecule has 4 N–H and O–H groups in total. The Morgan fingerprint density at radius 2 is 1.54 bits per heavy atom. The summed E-state index contributed by atoms with van der Waals surface area (Å²) < 4.78 is 0. The summed E-state index contributed by atoms with van der Waals surface area (Å²) in [5, 5.41) is 12.1. The Bertz CT molecular complexity index is 955. The van der Waals surface area contributed by atoms with Crippen LogP contribution in [0.4, 0.5) is 33.5 Å². The summed E-state index contributed by atoms with van der Waals surface area (Å²) in [5.74, 6) is 2.18. The first-order valence-electron chi connectivity index (χ1n) is 9.13. The van der Waals surface area contributed by atoms with Crippen molar-refractivity contribution in [3.05, 3.63) is 66.0 Å². The van der Waals surface area contributed by atoms with E-state index in [1.165, 1.54) is 0 Å². The van der Waals surface area contributed by atoms with Gasteiger partial charge in [0.05, 0.1) is 0 Å². The van der Waals surface area contributed by atoms with E-state index >= 15 is 0 Å². The number of hydrogen-bond donors (Lipinski definition) is 4. The molecule has 0 bridgehead atoms. The van der Waals surface area contributed by atoms with Gasteiger partial charge < -0.3 is 21.3 Å². The molecule has 7 heteroatoms. The molecule has 144 valence electrons. The van der Waals surface area contributed by atoms with Crippen LogP contribution in [0.25, 0.3) is 0 Å². The van der Waals surface area contributed by atoms with E-state index in [2.05, 4.69) is 31.2 Å². The molecule has 0 aliphatic carbocycles. The number of aryl methyl sites for hydroxylation is 2. The van der Waals surface area contributed by atoms with E-state index in [1.807, 2.05) is 75.4 Å². The van der Waals surface area contributed by atoms with E-state index in [0.717, 1.165) is 29.3 Å². The van der Waals surface area contributed by atoms with Gasteiger partial charge in [-0.05, 0) is 62.7 Å². The summed E-state index contributed by atoms with van der Waals surface area (Å²) in [6, 6.07) is 16.7. The third-order valence-electron chi connectivity index (χ3n) is 3.89. The Labute approximate surface area is 164 Å². The van der Waals surface area contributed by atoms with Crippen molar-refractivity contribution in [2.45, 2.75) is 20.8 Å². The summed E-state index contributed by atoms with van der Waals surface area (Å²) in [6.45, 7) is 6.65. The summed E-state index contributed by atoms with van der Waals surface area (Å²) in [6.07, 6.45) is 0. The minimum absolute atomic E-state index is 0.284. The van der Waals surface area contributed by atoms with Crippen molar-refractivity contribution in [1.82, 2.24) is 9.97 Å². The Hall–Kier alpha value is -3.61. The van der Waals surface area contributed by atoms with Gasteiger partial charge in [0.1, 0.15) is 17.5 Å². The highest BCUT2D eigenvalue weighted by molar-refractivity contribution is 5.99. The number of anilines is 5. The number of urea groups is 1. The maximum atomic E-state index is 12.1. The Kier molecular flexibility index (Phi) is 6.06. The molecular formula is C21H24N6O. The predicted molar refractivity (Wildman–Crippen MR) is 114 cm³/mol. The fourth-order valence-electron chi connectivity index (χ4n) is 2.70. The van der Waals surface area contributed by atoms with Crippen molar-refractivity contribution in [2.75, 3.05) is 27.8 Å². The van der Waals surface area contributed by atoms with Gasteiger partial charge in [0, 0.05) is 29.7 Å². The van der Waals surface area contributed by atoms with Gasteiger partial charge in [0.15, 0.2) is 0 Å². The molecule has 0 saturated carbocycles. The molecule has 0 unspecified atom stereocenters. The van der Waals surface area contributed by atoms with Crippen LogP contribution in [0.5, 0.6) is 0 Å². The summed E-state index contributed by atoms with van der Waals surface area (Å²) in [5.41, 5.74) is 3.41. The van der Waals surface area contributed by atoms with Gasteiger partial charge in [-0.25, -0.2) is 14.8 Å². The molecule has 0 spiro atoms. The van der Waals surface area contributed by atoms with Crippen LogP contribution < -0.4 is 21.3 Å². The second-order valence-corrected chi connectivity index (χ2v) is 6.37. The normalized spacial score (nSPS) is 10.2. The van der Waals surface area contributed by atoms with Gasteiger partial charge in [-0.2, -0.15) is 0 Å². The summed E-state index contributed by atoms with van der Waals surface area (Å²) in [4.78, 5) is 20.9. The fourth-order valence-corrected chi connectivity index (χ4v) is 2.70. The SMILES string of the molecule is CCNc1cc(Nc2ccc(NC(=O)Nc3cccc(C)c3)cc2)nc(C)n1. The molecule has 0 fully saturated rings. The number of nitrogens with zero attached hydrogens (tertiary/aromatic N) is 2. The number of aromatic nitrogens is 2. The van der Waals surface area contributed by atoms with Crippen LogP contribution in [0.15, 0.2) is 54.6 Å². The molecule has 0 saturated heterocycles. The van der Waals surface area contributed by atoms with Gasteiger partial charge in [-0.15, -0.1) is 0 Å². The van der Waals surface area contributed by atoms with Crippen molar-refractivity contribution in [3.63, 3.8) is 0 Å². The topological polar surface area (TPSA) is 91.0 Å². The quantitative estimate of drug-likeness (QED) is 0.490. The molecule has 0 aliphatic heterocycles. The molecule has 2 amide bonds. The second kappa shape index (κ2) is 8.85. The van der Waals surface area contributed by atoms with Crippen LogP contribution >= 0.6 is 0 Å². The monoisotopic (exact) mass is 376 g/mol. The average molecular weight is 376 g/mol. The minimum atomic E-state index is -0.284. The molecule has 1 aromatic heterocycles. The number of nitrogens with one attached hydrogen (secondary N) is 4. The largest absolute Gasteiger partial charge is 0.370 e. The average Bonchev–Trinajstić information content (AvgIpc) is 2.63. The van der Waals surface area contributed by atoms with Crippen molar-refractivity contribution >= 4 is 34.7 Å². The highest BCUT2D eigenvalue weighted by Crippen LogP contribution is 2.20. The van der Waals surface area contributed by atoms with Gasteiger partial charge >= 0.3 is 6.03 Å². The number of carbonyl (C=O) groups is 1. The molecule has 3 aromatic rings. The molecule has 2 aromatic carbocycles. The lowest BCUT2D eigenvalue weighted by atomic mass is 10.2. The van der Waals surface area contributed by atoms with E-state index in [-0.39, 0.29) is 6.03 Å². The molecule has 0 aliphatic rings. The number of benzene rings is 2. The van der Waals surface area contributed by atoms with Gasteiger partial charge in [0.2, 0.25) is 0 Å². The van der Waals surface area contributed by atoms with Crippen LogP contribution in [0, 0.1) is 13.8 Å². The zero-order valence-corrected chi connectivity index (χ0v) is 16.2. The van der Waals surface area contributed by atoms with Crippen LogP contribution in [0.3, 0.4) is 0 Å². The van der Waals surface area contributed by atoms with Crippen LogP contribution in [-0.4, -0.2) is 22.5 Å². The number of amides is 2. The zero-order valence-electron chi connectivity index (χ0n) is 16.2. The number of rotatable bonds is 6. The molecule has 1 heterocycles. The first-order valence-corrected chi connectivity index (χ1v) is 9.13. The first-order chi connectivity index (χ1) is 13.5. The molecular weight excluding hydrogens is 352 g/mol. The van der Waals surface area contributed by atoms with Crippen molar-refractivity contribution < 1.29 is 4.79 Å². The highest BCUT2D eigenvalue weighted by Gasteiger charge is 2.05. The smallest absolute Gasteiger partial charge is 0.323 e. The van der Waals surface area contributed by atoms with Crippen LogP contribution in [0.2, 0.25) is 0 Å². The second-order valence-electron chi connectivity index (χ2n) is 6.37. The first kappa shape index (κ1) is 19.2. The van der Waals surface area contributed by atoms with Gasteiger partial charge in [-0.1, -0.05) is 12.1 Å². The summed E-state index contributed by atoms with van der Waals surface area (Å²) >= 11 is 0. The minimum Gasteiger partial charge on any atom is -0.370 e. The van der Waals surface area contributed by atoms with Crippen LogP contribution in [0.1, 0.15) is 18.3 Å². The third kappa shape index (κ3) is 5.44. The van der Waals surface area contributed by atoms with E-state index in [1.54, 1.807) is 0 Å². The van der Waals surface area contributed by atoms with Crippen molar-refractivity contribution in [2.24, 2.45) is 0 Å². The molecule has 3 rings (SSSR count). The maximum absolute atomic E-state index is 12.1. The lowest BCUT2D eigenvalue weighted by Crippen LogP contribution is -2.19. The van der Waals surface area contributed by atoms with E-state index < -0.39 is 0 Å². The fraction of sp³-hybridized carbons (Fsp3) is 0.190. The molecule has 7 nitrogen and oxygen atoms in total. The highest BCUT2D eigenvalue weighted by atomic mass is 16.2. The molecule has 0 atom stereocenters. The summed E-state index contributed by atoms with van der Waals surface area (Å²) in [7, 11) is 0. The Morgan fingerprint density at radius 3 is 2.25 bits per heavy atom. The molecule has 0 radical (unpaired) electrons. The van der Waals surface area contributed by atoms with Gasteiger partial charge in [0.25, 0.3) is 0 Å². The predicted octanol–water partition coefficient (Wildman–Crippen LogP) is 4.91. The number of hydrogen-bond acceptors (Lipinski definition) is 5. The van der Waals surface area contributed by atoms with Crippen molar-refractivity contribution in [3.8, 4) is 0 Å². The van der Waals surface area contributed by atoms with Gasteiger partial charge in [-0.3, -0.25) is 0 Å². The van der Waals surface area contributed by atoms with Crippen molar-refractivity contribution in [1.29, 1.82) is 0 Å². The van der Waals surface area contributed by atoms with E-state index in [4.69, 9.17) is 0 Å². The third-order valence-corrected chi connectivity index (χ3v) is 3.89. The zero-order chi connectivity index (χ0) is 19.9. The van der Waals surface area contributed by atoms with Crippen LogP contribution in [-0.2, 0) is 0 Å². The lowest BCUT2D eigenvalue weighted by molar-refractivity contribution is 0.262. The van der Waals surface area contributed by atoms with E-state index in [9.17, 15) is 4.79 Å². The molecule has 28 heavy (non-hydrogen) atoms. The lowest BCUT2D eigenvalue weighted by Gasteiger charge is -2.11. The Balaban J connectivity index is 1.61. The Morgan fingerprint density at radius 1 is 0.857 bits per heavy atom. The maximum Gasteiger partial charge on any atom is 0.323 e.